The van der Waals surface area contributed by atoms with E-state index in [4.69, 9.17) is 0 Å². The number of nitrogens with zero attached hydrogens (tertiary/aromatic N) is 4. The highest BCUT2D eigenvalue weighted by Gasteiger charge is 2.23. The molecule has 0 atom stereocenters. The van der Waals surface area contributed by atoms with E-state index in [1.165, 1.54) is 10.8 Å². The first-order valence-corrected chi connectivity index (χ1v) is 8.67. The second-order valence-corrected chi connectivity index (χ2v) is 6.51. The molecule has 0 radical (unpaired) electrons. The largest absolute Gasteiger partial charge is 0.355 e. The van der Waals surface area contributed by atoms with Gasteiger partial charge >= 0.3 is 5.69 Å². The minimum absolute atomic E-state index is 0.0115. The van der Waals surface area contributed by atoms with E-state index in [0.29, 0.717) is 42.9 Å². The van der Waals surface area contributed by atoms with Gasteiger partial charge in [-0.05, 0) is 31.9 Å². The molecule has 9 heteroatoms. The summed E-state index contributed by atoms with van der Waals surface area (Å²) in [5.74, 6) is 0.387. The number of piperidine rings is 1. The molecule has 1 fully saturated rings. The number of aryl methyl sites for hydroxylation is 1. The van der Waals surface area contributed by atoms with E-state index < -0.39 is 11.2 Å². The standard InChI is InChI=1S/C18H20N6O3/c1-12-10-24(18(27)22-17(12)26)11-15(25)21-14-4-7-23(8-5-14)16-13(9-19)3-2-6-20-16/h2-3,6,10,14H,4-5,7-8,11H2,1H3,(H,21,25)(H,22,26,27). The highest BCUT2D eigenvalue weighted by Crippen LogP contribution is 2.21. The van der Waals surface area contributed by atoms with Gasteiger partial charge in [-0.1, -0.05) is 0 Å². The molecule has 2 aromatic rings. The van der Waals surface area contributed by atoms with E-state index in [1.54, 1.807) is 25.3 Å². The van der Waals surface area contributed by atoms with Crippen LogP contribution in [0.5, 0.6) is 0 Å². The summed E-state index contributed by atoms with van der Waals surface area (Å²) in [6.45, 7) is 2.79. The van der Waals surface area contributed by atoms with Crippen molar-refractivity contribution in [2.24, 2.45) is 0 Å². The number of hydrogen-bond donors (Lipinski definition) is 2. The summed E-state index contributed by atoms with van der Waals surface area (Å²) in [5.41, 5.74) is -0.141. The van der Waals surface area contributed by atoms with Gasteiger partial charge in [-0.15, -0.1) is 0 Å². The lowest BCUT2D eigenvalue weighted by Gasteiger charge is -2.33. The molecule has 0 aromatic carbocycles. The van der Waals surface area contributed by atoms with Crippen molar-refractivity contribution in [1.82, 2.24) is 19.9 Å². The van der Waals surface area contributed by atoms with Crippen LogP contribution in [0.2, 0.25) is 0 Å². The van der Waals surface area contributed by atoms with E-state index in [9.17, 15) is 19.6 Å². The van der Waals surface area contributed by atoms with Crippen molar-refractivity contribution >= 4 is 11.7 Å². The molecular weight excluding hydrogens is 348 g/mol. The molecule has 0 aliphatic carbocycles. The number of anilines is 1. The van der Waals surface area contributed by atoms with Crippen LogP contribution >= 0.6 is 0 Å². The van der Waals surface area contributed by atoms with Gasteiger partial charge in [0.25, 0.3) is 5.56 Å². The molecule has 0 unspecified atom stereocenters. The van der Waals surface area contributed by atoms with Gasteiger partial charge in [0, 0.05) is 37.1 Å². The second-order valence-electron chi connectivity index (χ2n) is 6.51. The lowest BCUT2D eigenvalue weighted by Crippen LogP contribution is -2.46. The van der Waals surface area contributed by atoms with Crippen molar-refractivity contribution < 1.29 is 4.79 Å². The van der Waals surface area contributed by atoms with Crippen LogP contribution in [0.1, 0.15) is 24.0 Å². The first kappa shape index (κ1) is 18.4. The third-order valence-corrected chi connectivity index (χ3v) is 4.57. The van der Waals surface area contributed by atoms with Gasteiger partial charge in [0.05, 0.1) is 5.56 Å². The molecule has 0 saturated carbocycles. The monoisotopic (exact) mass is 368 g/mol. The van der Waals surface area contributed by atoms with Crippen LogP contribution in [-0.2, 0) is 11.3 Å². The van der Waals surface area contributed by atoms with Crippen molar-refractivity contribution in [2.75, 3.05) is 18.0 Å². The number of hydrogen-bond acceptors (Lipinski definition) is 6. The van der Waals surface area contributed by atoms with Crippen LogP contribution < -0.4 is 21.5 Å². The Balaban J connectivity index is 1.57. The molecule has 2 N–H and O–H groups in total. The maximum Gasteiger partial charge on any atom is 0.328 e. The fourth-order valence-electron chi connectivity index (χ4n) is 3.14. The Morgan fingerprint density at radius 2 is 2.15 bits per heavy atom. The van der Waals surface area contributed by atoms with Gasteiger partial charge < -0.3 is 10.2 Å². The summed E-state index contributed by atoms with van der Waals surface area (Å²) in [6, 6.07) is 5.60. The molecule has 140 valence electrons. The zero-order valence-electron chi connectivity index (χ0n) is 14.9. The number of aromatic amines is 1. The number of amides is 1. The number of aromatic nitrogens is 3. The average Bonchev–Trinajstić information content (AvgIpc) is 2.66. The van der Waals surface area contributed by atoms with Crippen LogP contribution in [-0.4, -0.2) is 39.6 Å². The minimum atomic E-state index is -0.602. The second kappa shape index (κ2) is 7.86. The van der Waals surface area contributed by atoms with Gasteiger partial charge in [0.1, 0.15) is 18.4 Å². The minimum Gasteiger partial charge on any atom is -0.355 e. The Morgan fingerprint density at radius 3 is 2.85 bits per heavy atom. The van der Waals surface area contributed by atoms with Gasteiger partial charge in [0.2, 0.25) is 5.91 Å². The van der Waals surface area contributed by atoms with Crippen molar-refractivity contribution in [3.05, 3.63) is 56.5 Å². The van der Waals surface area contributed by atoms with E-state index in [0.717, 1.165) is 0 Å². The highest BCUT2D eigenvalue weighted by molar-refractivity contribution is 5.76. The summed E-state index contributed by atoms with van der Waals surface area (Å²) >= 11 is 0. The summed E-state index contributed by atoms with van der Waals surface area (Å²) in [4.78, 5) is 43.9. The van der Waals surface area contributed by atoms with E-state index in [2.05, 4.69) is 21.4 Å². The number of rotatable bonds is 4. The Kier molecular flexibility index (Phi) is 5.35. The molecular formula is C18H20N6O3. The lowest BCUT2D eigenvalue weighted by molar-refractivity contribution is -0.122. The van der Waals surface area contributed by atoms with Crippen molar-refractivity contribution in [2.45, 2.75) is 32.4 Å². The molecule has 2 aromatic heterocycles. The van der Waals surface area contributed by atoms with Crippen LogP contribution in [0.15, 0.2) is 34.1 Å². The summed E-state index contributed by atoms with van der Waals surface area (Å²) in [6.07, 6.45) is 4.47. The summed E-state index contributed by atoms with van der Waals surface area (Å²) in [5, 5.41) is 12.1. The molecule has 0 spiro atoms. The number of carbonyl (C=O) groups is 1. The van der Waals surface area contributed by atoms with Gasteiger partial charge in [0.15, 0.2) is 0 Å². The maximum absolute atomic E-state index is 12.2. The first-order chi connectivity index (χ1) is 13.0. The lowest BCUT2D eigenvalue weighted by atomic mass is 10.0. The Labute approximate surface area is 155 Å². The third kappa shape index (κ3) is 4.23. The van der Waals surface area contributed by atoms with E-state index in [1.807, 2.05) is 4.90 Å². The number of H-pyrrole nitrogens is 1. The quantitative estimate of drug-likeness (QED) is 0.776. The molecule has 1 aliphatic rings. The van der Waals surface area contributed by atoms with Crippen LogP contribution in [0.25, 0.3) is 0 Å². The van der Waals surface area contributed by atoms with Crippen LogP contribution in [0, 0.1) is 18.3 Å². The molecule has 3 heterocycles. The van der Waals surface area contributed by atoms with E-state index >= 15 is 0 Å². The molecule has 3 rings (SSSR count). The maximum atomic E-state index is 12.2. The van der Waals surface area contributed by atoms with E-state index in [-0.39, 0.29) is 18.5 Å². The zero-order valence-corrected chi connectivity index (χ0v) is 14.9. The Morgan fingerprint density at radius 1 is 1.41 bits per heavy atom. The van der Waals surface area contributed by atoms with Crippen LogP contribution in [0.4, 0.5) is 5.82 Å². The molecule has 9 nitrogen and oxygen atoms in total. The smallest absolute Gasteiger partial charge is 0.328 e. The number of nitrogens with one attached hydrogen (secondary N) is 2. The normalized spacial score (nSPS) is 14.6. The number of carbonyl (C=O) groups excluding carboxylic acids is 1. The first-order valence-electron chi connectivity index (χ1n) is 8.67. The predicted octanol–water partition coefficient (Wildman–Crippen LogP) is -0.103. The Bertz CT molecular complexity index is 995. The number of nitriles is 1. The van der Waals surface area contributed by atoms with Gasteiger partial charge in [-0.25, -0.2) is 9.78 Å². The zero-order chi connectivity index (χ0) is 19.4. The van der Waals surface area contributed by atoms with Crippen molar-refractivity contribution in [3.63, 3.8) is 0 Å². The topological polar surface area (TPSA) is 124 Å². The summed E-state index contributed by atoms with van der Waals surface area (Å²) < 4.78 is 1.19. The molecule has 27 heavy (non-hydrogen) atoms. The Hall–Kier alpha value is -3.41. The van der Waals surface area contributed by atoms with Gasteiger partial charge in [-0.3, -0.25) is 19.1 Å². The molecule has 1 aliphatic heterocycles. The SMILES string of the molecule is Cc1cn(CC(=O)NC2CCN(c3ncccc3C#N)CC2)c(=O)[nH]c1=O. The van der Waals surface area contributed by atoms with Crippen molar-refractivity contribution in [1.29, 1.82) is 5.26 Å². The fraction of sp³-hybridized carbons (Fsp3) is 0.389. The average molecular weight is 368 g/mol. The summed E-state index contributed by atoms with van der Waals surface area (Å²) in [7, 11) is 0. The van der Waals surface area contributed by atoms with Gasteiger partial charge in [-0.2, -0.15) is 5.26 Å². The molecule has 1 saturated heterocycles. The number of pyridine rings is 1. The van der Waals surface area contributed by atoms with Crippen molar-refractivity contribution in [3.8, 4) is 6.07 Å². The highest BCUT2D eigenvalue weighted by atomic mass is 16.2. The third-order valence-electron chi connectivity index (χ3n) is 4.57. The molecule has 1 amide bonds. The predicted molar refractivity (Wildman–Crippen MR) is 98.4 cm³/mol. The fourth-order valence-corrected chi connectivity index (χ4v) is 3.14. The van der Waals surface area contributed by atoms with Crippen LogP contribution in [0.3, 0.4) is 0 Å². The molecule has 0 bridgehead atoms.